The van der Waals surface area contributed by atoms with Crippen LogP contribution < -0.4 is 0 Å². The molecule has 2 heteroatoms. The molecule has 0 N–H and O–H groups in total. The molecule has 4 atom stereocenters. The minimum atomic E-state index is 0.171. The number of carbonyl (C=O) groups is 1. The number of Topliss-reactive ketones (excluding diaryl/α,β-unsaturated/α-hetero) is 1. The van der Waals surface area contributed by atoms with Gasteiger partial charge in [0.05, 0.1) is 4.86 Å². The Morgan fingerprint density at radius 3 is 2.59 bits per heavy atom. The molecule has 2 aliphatic rings. The number of hydrogen-bond donors (Lipinski definition) is 0. The van der Waals surface area contributed by atoms with Crippen molar-refractivity contribution in [1.29, 1.82) is 0 Å². The van der Waals surface area contributed by atoms with Crippen LogP contribution in [0.15, 0.2) is 0 Å². The van der Waals surface area contributed by atoms with Gasteiger partial charge in [-0.15, -0.1) is 0 Å². The molecule has 0 aromatic carbocycles. The van der Waals surface area contributed by atoms with Crippen LogP contribution >= 0.6 is 12.2 Å². The molecule has 0 aromatic rings. The molecular formula is C15H24OS. The van der Waals surface area contributed by atoms with Gasteiger partial charge in [0, 0.05) is 11.8 Å². The highest BCUT2D eigenvalue weighted by molar-refractivity contribution is 7.82. The van der Waals surface area contributed by atoms with Gasteiger partial charge < -0.3 is 0 Å². The number of hydrogen-bond acceptors (Lipinski definition) is 2. The summed E-state index contributed by atoms with van der Waals surface area (Å²) in [6.07, 6.45) is 4.72. The Morgan fingerprint density at radius 1 is 1.35 bits per heavy atom. The van der Waals surface area contributed by atoms with Gasteiger partial charge in [-0.05, 0) is 30.1 Å². The molecule has 2 saturated carbocycles. The molecule has 1 nitrogen and oxygen atoms in total. The molecule has 0 amide bonds. The minimum Gasteiger partial charge on any atom is -0.293 e. The SMILES string of the molecule is CC(C)C1CC2(C)C(C)CCCC2C(=S)C1=O. The first-order valence-corrected chi connectivity index (χ1v) is 7.36. The van der Waals surface area contributed by atoms with Crippen LogP contribution in [-0.4, -0.2) is 10.6 Å². The Kier molecular flexibility index (Phi) is 3.46. The van der Waals surface area contributed by atoms with Crippen LogP contribution in [0.1, 0.15) is 53.4 Å². The monoisotopic (exact) mass is 252 g/mol. The van der Waals surface area contributed by atoms with Crippen molar-refractivity contribution in [2.24, 2.45) is 29.1 Å². The lowest BCUT2D eigenvalue weighted by Crippen LogP contribution is -2.52. The topological polar surface area (TPSA) is 17.1 Å². The molecule has 0 heterocycles. The van der Waals surface area contributed by atoms with Crippen molar-refractivity contribution >= 4 is 22.9 Å². The molecule has 2 fully saturated rings. The summed E-state index contributed by atoms with van der Waals surface area (Å²) in [6.45, 7) is 9.03. The van der Waals surface area contributed by atoms with Gasteiger partial charge in [-0.2, -0.15) is 0 Å². The van der Waals surface area contributed by atoms with Crippen molar-refractivity contribution < 1.29 is 4.79 Å². The summed E-state index contributed by atoms with van der Waals surface area (Å²) in [5.74, 6) is 1.96. The predicted octanol–water partition coefficient (Wildman–Crippen LogP) is 4.04. The molecule has 96 valence electrons. The van der Waals surface area contributed by atoms with Crippen molar-refractivity contribution in [1.82, 2.24) is 0 Å². The molecule has 0 radical (unpaired) electrons. The Morgan fingerprint density at radius 2 is 2.00 bits per heavy atom. The highest BCUT2D eigenvalue weighted by Gasteiger charge is 2.51. The van der Waals surface area contributed by atoms with E-state index in [-0.39, 0.29) is 17.1 Å². The Labute approximate surface area is 110 Å². The Bertz CT molecular complexity index is 347. The lowest BCUT2D eigenvalue weighted by molar-refractivity contribution is -0.122. The molecule has 0 aliphatic heterocycles. The smallest absolute Gasteiger partial charge is 0.173 e. The third-order valence-electron chi connectivity index (χ3n) is 5.41. The second kappa shape index (κ2) is 4.46. The van der Waals surface area contributed by atoms with Crippen molar-refractivity contribution in [2.45, 2.75) is 53.4 Å². The quantitative estimate of drug-likeness (QED) is 0.655. The zero-order valence-corrected chi connectivity index (χ0v) is 12.3. The minimum absolute atomic E-state index is 0.171. The van der Waals surface area contributed by atoms with E-state index in [1.807, 2.05) is 0 Å². The third kappa shape index (κ3) is 1.99. The van der Waals surface area contributed by atoms with Crippen molar-refractivity contribution in [3.63, 3.8) is 0 Å². The van der Waals surface area contributed by atoms with Crippen molar-refractivity contribution in [3.8, 4) is 0 Å². The molecule has 2 rings (SSSR count). The van der Waals surface area contributed by atoms with Gasteiger partial charge in [0.25, 0.3) is 0 Å². The first-order chi connectivity index (χ1) is 7.88. The summed E-state index contributed by atoms with van der Waals surface area (Å²) in [7, 11) is 0. The summed E-state index contributed by atoms with van der Waals surface area (Å²) >= 11 is 5.50. The highest BCUT2D eigenvalue weighted by Crippen LogP contribution is 2.53. The Balaban J connectivity index is 2.34. The fourth-order valence-electron chi connectivity index (χ4n) is 3.86. The second-order valence-electron chi connectivity index (χ2n) is 6.67. The van der Waals surface area contributed by atoms with Crippen molar-refractivity contribution in [2.75, 3.05) is 0 Å². The van der Waals surface area contributed by atoms with E-state index >= 15 is 0 Å². The standard InChI is InChI=1S/C15H24OS/c1-9(2)11-8-15(4)10(3)6-5-7-12(15)14(17)13(11)16/h9-12H,5-8H2,1-4H3. The van der Waals surface area contributed by atoms with E-state index in [0.29, 0.717) is 17.8 Å². The van der Waals surface area contributed by atoms with Crippen LogP contribution in [0, 0.1) is 29.1 Å². The fourth-order valence-corrected chi connectivity index (χ4v) is 4.40. The number of carbonyl (C=O) groups excluding carboxylic acids is 1. The molecule has 0 saturated heterocycles. The average Bonchev–Trinajstić information content (AvgIpc) is 2.26. The summed E-state index contributed by atoms with van der Waals surface area (Å²) in [5, 5.41) is 0. The number of rotatable bonds is 1. The summed E-state index contributed by atoms with van der Waals surface area (Å²) in [5.41, 5.74) is 0.276. The first kappa shape index (κ1) is 13.2. The van der Waals surface area contributed by atoms with Gasteiger partial charge in [0.1, 0.15) is 0 Å². The largest absolute Gasteiger partial charge is 0.293 e. The van der Waals surface area contributed by atoms with Gasteiger partial charge in [-0.1, -0.05) is 52.8 Å². The summed E-state index contributed by atoms with van der Waals surface area (Å²) < 4.78 is 0. The van der Waals surface area contributed by atoms with Gasteiger partial charge in [-0.25, -0.2) is 0 Å². The van der Waals surface area contributed by atoms with E-state index < -0.39 is 0 Å². The fraction of sp³-hybridized carbons (Fsp3) is 0.867. The lowest BCUT2D eigenvalue weighted by Gasteiger charge is -2.52. The van der Waals surface area contributed by atoms with Crippen molar-refractivity contribution in [3.05, 3.63) is 0 Å². The van der Waals surface area contributed by atoms with Gasteiger partial charge in [0.15, 0.2) is 5.78 Å². The zero-order valence-electron chi connectivity index (χ0n) is 11.5. The third-order valence-corrected chi connectivity index (χ3v) is 5.90. The molecule has 0 spiro atoms. The molecule has 0 bridgehead atoms. The summed E-state index contributed by atoms with van der Waals surface area (Å²) in [6, 6.07) is 0. The first-order valence-electron chi connectivity index (χ1n) is 6.96. The van der Waals surface area contributed by atoms with Crippen LogP contribution in [0.2, 0.25) is 0 Å². The molecule has 4 unspecified atom stereocenters. The predicted molar refractivity (Wildman–Crippen MR) is 75.2 cm³/mol. The van der Waals surface area contributed by atoms with E-state index in [4.69, 9.17) is 12.2 Å². The van der Waals surface area contributed by atoms with Crippen LogP contribution in [0.25, 0.3) is 0 Å². The van der Waals surface area contributed by atoms with E-state index in [1.165, 1.54) is 12.8 Å². The Hall–Kier alpha value is -0.240. The molecular weight excluding hydrogens is 228 g/mol. The van der Waals surface area contributed by atoms with Crippen LogP contribution in [0.5, 0.6) is 0 Å². The van der Waals surface area contributed by atoms with E-state index in [0.717, 1.165) is 17.7 Å². The van der Waals surface area contributed by atoms with E-state index in [1.54, 1.807) is 0 Å². The van der Waals surface area contributed by atoms with E-state index in [9.17, 15) is 4.79 Å². The number of thiocarbonyl (C=S) groups is 1. The average molecular weight is 252 g/mol. The van der Waals surface area contributed by atoms with Crippen LogP contribution in [0.3, 0.4) is 0 Å². The van der Waals surface area contributed by atoms with Gasteiger partial charge >= 0.3 is 0 Å². The molecule has 0 aromatic heterocycles. The highest BCUT2D eigenvalue weighted by atomic mass is 32.1. The second-order valence-corrected chi connectivity index (χ2v) is 7.11. The molecule has 17 heavy (non-hydrogen) atoms. The normalized spacial score (nSPS) is 42.8. The maximum Gasteiger partial charge on any atom is 0.173 e. The maximum absolute atomic E-state index is 12.3. The summed E-state index contributed by atoms with van der Waals surface area (Å²) in [4.78, 5) is 13.1. The van der Waals surface area contributed by atoms with Gasteiger partial charge in [-0.3, -0.25) is 4.79 Å². The van der Waals surface area contributed by atoms with Gasteiger partial charge in [0.2, 0.25) is 0 Å². The molecule has 2 aliphatic carbocycles. The number of ketones is 1. The number of fused-ring (bicyclic) bond motifs is 1. The maximum atomic E-state index is 12.3. The van der Waals surface area contributed by atoms with Crippen LogP contribution in [-0.2, 0) is 4.79 Å². The van der Waals surface area contributed by atoms with Crippen LogP contribution in [0.4, 0.5) is 0 Å². The zero-order chi connectivity index (χ0) is 12.8. The lowest BCUT2D eigenvalue weighted by atomic mass is 9.52. The van der Waals surface area contributed by atoms with E-state index in [2.05, 4.69) is 27.7 Å².